The molecule has 0 spiro atoms. The van der Waals surface area contributed by atoms with Gasteiger partial charge in [-0.2, -0.15) is 5.26 Å². The Balaban J connectivity index is 1.58. The molecule has 18 heavy (non-hydrogen) atoms. The van der Waals surface area contributed by atoms with Crippen LogP contribution in [0, 0.1) is 11.3 Å². The molecule has 1 aromatic carbocycles. The van der Waals surface area contributed by atoms with Gasteiger partial charge in [0.1, 0.15) is 5.75 Å². The van der Waals surface area contributed by atoms with Crippen molar-refractivity contribution in [3.8, 4) is 11.8 Å². The Bertz CT molecular complexity index is 388. The van der Waals surface area contributed by atoms with Crippen LogP contribution in [0.3, 0.4) is 0 Å². The van der Waals surface area contributed by atoms with Crippen molar-refractivity contribution in [3.05, 3.63) is 29.8 Å². The first kappa shape index (κ1) is 12.9. The highest BCUT2D eigenvalue weighted by Crippen LogP contribution is 2.20. The average molecular weight is 245 g/mol. The summed E-state index contributed by atoms with van der Waals surface area (Å²) in [5.41, 5.74) is 0.659. The molecule has 1 aromatic rings. The molecule has 0 atom stereocenters. The summed E-state index contributed by atoms with van der Waals surface area (Å²) < 4.78 is 11.3. The normalized spacial score (nSPS) is 15.5. The quantitative estimate of drug-likeness (QED) is 0.722. The molecule has 0 bridgehead atoms. The Kier molecular flexibility index (Phi) is 5.04. The van der Waals surface area contributed by atoms with E-state index in [-0.39, 0.29) is 0 Å². The van der Waals surface area contributed by atoms with Crippen molar-refractivity contribution >= 4 is 0 Å². The third-order valence-electron chi connectivity index (χ3n) is 3.20. The summed E-state index contributed by atoms with van der Waals surface area (Å²) in [6, 6.07) is 9.28. The number of nitriles is 1. The molecule has 2 rings (SSSR count). The number of hydrogen-bond acceptors (Lipinski definition) is 3. The summed E-state index contributed by atoms with van der Waals surface area (Å²) in [4.78, 5) is 0. The second kappa shape index (κ2) is 7.03. The zero-order chi connectivity index (χ0) is 12.6. The second-order valence-electron chi connectivity index (χ2n) is 4.62. The van der Waals surface area contributed by atoms with E-state index in [0.29, 0.717) is 18.3 Å². The molecule has 3 heteroatoms. The largest absolute Gasteiger partial charge is 0.494 e. The Hall–Kier alpha value is -1.53. The third kappa shape index (κ3) is 4.05. The number of hydrogen-bond donors (Lipinski definition) is 0. The molecule has 3 nitrogen and oxygen atoms in total. The summed E-state index contributed by atoms with van der Waals surface area (Å²) in [5.74, 6) is 0.815. The summed E-state index contributed by atoms with van der Waals surface area (Å²) in [5, 5.41) is 8.67. The fourth-order valence-corrected chi connectivity index (χ4v) is 2.18. The number of nitrogens with zero attached hydrogens (tertiary/aromatic N) is 1. The lowest BCUT2D eigenvalue weighted by atomic mass is 10.2. The Morgan fingerprint density at radius 2 is 1.83 bits per heavy atom. The van der Waals surface area contributed by atoms with Crippen LogP contribution < -0.4 is 4.74 Å². The molecule has 0 aliphatic heterocycles. The van der Waals surface area contributed by atoms with Gasteiger partial charge in [-0.25, -0.2) is 0 Å². The third-order valence-corrected chi connectivity index (χ3v) is 3.20. The van der Waals surface area contributed by atoms with Gasteiger partial charge in [0, 0.05) is 6.42 Å². The van der Waals surface area contributed by atoms with Crippen molar-refractivity contribution in [1.82, 2.24) is 0 Å². The summed E-state index contributed by atoms with van der Waals surface area (Å²) in [6.07, 6.45) is 6.46. The molecule has 1 fully saturated rings. The van der Waals surface area contributed by atoms with Gasteiger partial charge in [0.05, 0.1) is 31.0 Å². The van der Waals surface area contributed by atoms with E-state index in [1.165, 1.54) is 25.7 Å². The van der Waals surface area contributed by atoms with E-state index in [9.17, 15) is 0 Å². The van der Waals surface area contributed by atoms with Gasteiger partial charge in [0.25, 0.3) is 0 Å². The van der Waals surface area contributed by atoms with Gasteiger partial charge >= 0.3 is 0 Å². The average Bonchev–Trinajstić information content (AvgIpc) is 2.92. The maximum Gasteiger partial charge on any atom is 0.119 e. The lowest BCUT2D eigenvalue weighted by Gasteiger charge is -2.11. The van der Waals surface area contributed by atoms with Gasteiger partial charge < -0.3 is 9.47 Å². The van der Waals surface area contributed by atoms with Crippen molar-refractivity contribution in [1.29, 1.82) is 5.26 Å². The molecule has 0 aromatic heterocycles. The molecular formula is C15H19NO2. The maximum atomic E-state index is 8.67. The molecule has 0 heterocycles. The van der Waals surface area contributed by atoms with Crippen molar-refractivity contribution < 1.29 is 9.47 Å². The minimum atomic E-state index is 0.486. The lowest BCUT2D eigenvalue weighted by molar-refractivity contribution is 0.0505. The molecular weight excluding hydrogens is 226 g/mol. The highest BCUT2D eigenvalue weighted by atomic mass is 16.5. The van der Waals surface area contributed by atoms with Crippen LogP contribution in [-0.2, 0) is 4.74 Å². The predicted octanol–water partition coefficient (Wildman–Crippen LogP) is 3.29. The summed E-state index contributed by atoms with van der Waals surface area (Å²) >= 11 is 0. The Labute approximate surface area is 108 Å². The molecule has 0 N–H and O–H groups in total. The first-order chi connectivity index (χ1) is 8.88. The van der Waals surface area contributed by atoms with E-state index >= 15 is 0 Å². The fourth-order valence-electron chi connectivity index (χ4n) is 2.18. The number of benzene rings is 1. The van der Waals surface area contributed by atoms with Crippen molar-refractivity contribution in [2.45, 2.75) is 38.2 Å². The van der Waals surface area contributed by atoms with Crippen molar-refractivity contribution in [2.75, 3.05) is 13.2 Å². The van der Waals surface area contributed by atoms with Gasteiger partial charge in [-0.05, 0) is 37.1 Å². The van der Waals surface area contributed by atoms with Crippen LogP contribution in [0.1, 0.15) is 37.7 Å². The number of ether oxygens (including phenoxy) is 2. The molecule has 1 saturated carbocycles. The second-order valence-corrected chi connectivity index (χ2v) is 4.62. The maximum absolute atomic E-state index is 8.67. The van der Waals surface area contributed by atoms with Crippen LogP contribution in [0.5, 0.6) is 5.75 Å². The molecule has 0 unspecified atom stereocenters. The van der Waals surface area contributed by atoms with Crippen LogP contribution in [0.4, 0.5) is 0 Å². The standard InChI is InChI=1S/C15H19NO2/c16-12-13-6-8-15(9-7-13)18-11-3-10-17-14-4-1-2-5-14/h6-9,14H,1-5,10-11H2. The van der Waals surface area contributed by atoms with E-state index in [2.05, 4.69) is 6.07 Å². The minimum Gasteiger partial charge on any atom is -0.494 e. The van der Waals surface area contributed by atoms with Gasteiger partial charge in [0.2, 0.25) is 0 Å². The van der Waals surface area contributed by atoms with E-state index in [1.807, 2.05) is 12.1 Å². The zero-order valence-electron chi connectivity index (χ0n) is 10.6. The highest BCUT2D eigenvalue weighted by Gasteiger charge is 2.14. The molecule has 1 aliphatic rings. The number of rotatable bonds is 6. The summed E-state index contributed by atoms with van der Waals surface area (Å²) in [6.45, 7) is 1.44. The van der Waals surface area contributed by atoms with Crippen LogP contribution in [0.25, 0.3) is 0 Å². The van der Waals surface area contributed by atoms with E-state index < -0.39 is 0 Å². The molecule has 1 aliphatic carbocycles. The fraction of sp³-hybridized carbons (Fsp3) is 0.533. The molecule has 0 amide bonds. The zero-order valence-corrected chi connectivity index (χ0v) is 10.6. The van der Waals surface area contributed by atoms with E-state index in [1.54, 1.807) is 12.1 Å². The summed E-state index contributed by atoms with van der Waals surface area (Å²) in [7, 11) is 0. The highest BCUT2D eigenvalue weighted by molar-refractivity contribution is 5.34. The first-order valence-electron chi connectivity index (χ1n) is 6.63. The van der Waals surface area contributed by atoms with Crippen molar-refractivity contribution in [3.63, 3.8) is 0 Å². The smallest absolute Gasteiger partial charge is 0.119 e. The van der Waals surface area contributed by atoms with E-state index in [0.717, 1.165) is 18.8 Å². The Morgan fingerprint density at radius 1 is 1.11 bits per heavy atom. The molecule has 96 valence electrons. The van der Waals surface area contributed by atoms with Crippen molar-refractivity contribution in [2.24, 2.45) is 0 Å². The van der Waals surface area contributed by atoms with Gasteiger partial charge in [-0.15, -0.1) is 0 Å². The minimum absolute atomic E-state index is 0.486. The Morgan fingerprint density at radius 3 is 2.50 bits per heavy atom. The topological polar surface area (TPSA) is 42.2 Å². The van der Waals surface area contributed by atoms with Crippen LogP contribution >= 0.6 is 0 Å². The van der Waals surface area contributed by atoms with Gasteiger partial charge in [0.15, 0.2) is 0 Å². The predicted molar refractivity (Wildman–Crippen MR) is 69.5 cm³/mol. The van der Waals surface area contributed by atoms with E-state index in [4.69, 9.17) is 14.7 Å². The van der Waals surface area contributed by atoms with Gasteiger partial charge in [-0.3, -0.25) is 0 Å². The van der Waals surface area contributed by atoms with Crippen LogP contribution in [0.2, 0.25) is 0 Å². The molecule has 0 saturated heterocycles. The first-order valence-corrected chi connectivity index (χ1v) is 6.63. The lowest BCUT2D eigenvalue weighted by Crippen LogP contribution is -2.10. The monoisotopic (exact) mass is 245 g/mol. The SMILES string of the molecule is N#Cc1ccc(OCCCOC2CCCC2)cc1. The van der Waals surface area contributed by atoms with Crippen LogP contribution in [-0.4, -0.2) is 19.3 Å². The van der Waals surface area contributed by atoms with Crippen LogP contribution in [0.15, 0.2) is 24.3 Å². The van der Waals surface area contributed by atoms with Gasteiger partial charge in [-0.1, -0.05) is 12.8 Å². The molecule has 0 radical (unpaired) electrons.